The number of rotatable bonds is 4. The van der Waals surface area contributed by atoms with Crippen molar-refractivity contribution in [3.8, 4) is 0 Å². The van der Waals surface area contributed by atoms with E-state index in [2.05, 4.69) is 19.2 Å². The topological polar surface area (TPSA) is 46.2 Å². The molecule has 2 rings (SSSR count). The van der Waals surface area contributed by atoms with E-state index >= 15 is 0 Å². The second-order valence-electron chi connectivity index (χ2n) is 5.95. The number of benzene rings is 1. The van der Waals surface area contributed by atoms with Crippen LogP contribution in [-0.4, -0.2) is 26.3 Å². The molecule has 3 nitrogen and oxygen atoms in total. The molecule has 3 atom stereocenters. The van der Waals surface area contributed by atoms with Crippen LogP contribution in [0.1, 0.15) is 37.8 Å². The van der Waals surface area contributed by atoms with Crippen LogP contribution in [0, 0.1) is 19.8 Å². The van der Waals surface area contributed by atoms with E-state index in [4.69, 9.17) is 0 Å². The molecule has 0 amide bonds. The number of hydrogen-bond donors (Lipinski definition) is 1. The fraction of sp³-hybridized carbons (Fsp3) is 0.625. The Balaban J connectivity index is 2.32. The predicted octanol–water partition coefficient (Wildman–Crippen LogP) is 2.85. The Labute approximate surface area is 122 Å². The van der Waals surface area contributed by atoms with Gasteiger partial charge < -0.3 is 5.32 Å². The number of nitrogens with one attached hydrogen (secondary N) is 1. The summed E-state index contributed by atoms with van der Waals surface area (Å²) in [6.07, 6.45) is 1.71. The van der Waals surface area contributed by atoms with Gasteiger partial charge in [0.05, 0.1) is 10.1 Å². The molecule has 0 bridgehead atoms. The van der Waals surface area contributed by atoms with Gasteiger partial charge in [0, 0.05) is 6.04 Å². The van der Waals surface area contributed by atoms with Crippen molar-refractivity contribution in [2.24, 2.45) is 5.92 Å². The smallest absolute Gasteiger partial charge is 0.181 e. The van der Waals surface area contributed by atoms with Crippen molar-refractivity contribution in [2.75, 3.05) is 6.54 Å². The normalized spacial score (nSPS) is 26.9. The molecule has 1 N–H and O–H groups in total. The first-order chi connectivity index (χ1) is 9.37. The maximum absolute atomic E-state index is 12.9. The first kappa shape index (κ1) is 15.5. The summed E-state index contributed by atoms with van der Waals surface area (Å²) in [5, 5.41) is 3.15. The molecule has 0 heterocycles. The Kier molecular flexibility index (Phi) is 4.55. The minimum atomic E-state index is -3.23. The average molecular weight is 295 g/mol. The van der Waals surface area contributed by atoms with E-state index in [9.17, 15) is 8.42 Å². The summed E-state index contributed by atoms with van der Waals surface area (Å²) < 4.78 is 25.8. The van der Waals surface area contributed by atoms with Crippen molar-refractivity contribution in [1.82, 2.24) is 5.32 Å². The van der Waals surface area contributed by atoms with Crippen molar-refractivity contribution in [3.63, 3.8) is 0 Å². The predicted molar refractivity (Wildman–Crippen MR) is 82.8 cm³/mol. The van der Waals surface area contributed by atoms with Crippen LogP contribution < -0.4 is 5.32 Å². The fourth-order valence-electron chi connectivity index (χ4n) is 3.40. The Bertz CT molecular complexity index is 580. The average Bonchev–Trinajstić information content (AvgIpc) is 2.71. The summed E-state index contributed by atoms with van der Waals surface area (Å²) in [5.41, 5.74) is 1.97. The van der Waals surface area contributed by atoms with Gasteiger partial charge in [-0.2, -0.15) is 0 Å². The summed E-state index contributed by atoms with van der Waals surface area (Å²) >= 11 is 0. The largest absolute Gasteiger partial charge is 0.314 e. The third-order valence-electron chi connectivity index (χ3n) is 4.49. The van der Waals surface area contributed by atoms with Crippen molar-refractivity contribution in [3.05, 3.63) is 29.3 Å². The zero-order valence-electron chi connectivity index (χ0n) is 12.8. The second-order valence-corrected chi connectivity index (χ2v) is 8.09. The molecule has 1 aromatic carbocycles. The number of aryl methyl sites for hydroxylation is 2. The lowest BCUT2D eigenvalue weighted by Gasteiger charge is -2.22. The van der Waals surface area contributed by atoms with Crippen LogP contribution in [0.5, 0.6) is 0 Å². The lowest BCUT2D eigenvalue weighted by atomic mass is 10.1. The maximum Gasteiger partial charge on any atom is 0.181 e. The van der Waals surface area contributed by atoms with Gasteiger partial charge in [-0.1, -0.05) is 31.5 Å². The molecule has 0 aromatic heterocycles. The zero-order chi connectivity index (χ0) is 14.9. The van der Waals surface area contributed by atoms with Gasteiger partial charge in [-0.05, 0) is 50.8 Å². The first-order valence-electron chi connectivity index (χ1n) is 7.42. The van der Waals surface area contributed by atoms with E-state index in [-0.39, 0.29) is 11.2 Å². The van der Waals surface area contributed by atoms with Gasteiger partial charge >= 0.3 is 0 Å². The van der Waals surface area contributed by atoms with E-state index in [0.29, 0.717) is 10.9 Å². The molecule has 0 saturated heterocycles. The molecule has 3 unspecified atom stereocenters. The number of sulfone groups is 1. The molecule has 1 saturated carbocycles. The SMILES string of the molecule is CCNC1CCC(S(=O)(=O)c2ccc(C)cc2C)C1C. The Morgan fingerprint density at radius 1 is 1.25 bits per heavy atom. The third-order valence-corrected chi connectivity index (χ3v) is 7.02. The highest BCUT2D eigenvalue weighted by Crippen LogP contribution is 2.35. The lowest BCUT2D eigenvalue weighted by Crippen LogP contribution is -2.36. The molecular weight excluding hydrogens is 270 g/mol. The molecular formula is C16H25NO2S. The molecule has 1 fully saturated rings. The molecule has 4 heteroatoms. The Morgan fingerprint density at radius 3 is 2.55 bits per heavy atom. The minimum Gasteiger partial charge on any atom is -0.314 e. The molecule has 1 aliphatic rings. The van der Waals surface area contributed by atoms with E-state index in [0.717, 1.165) is 30.5 Å². The summed E-state index contributed by atoms with van der Waals surface area (Å²) in [6, 6.07) is 5.94. The highest BCUT2D eigenvalue weighted by Gasteiger charge is 2.41. The standard InChI is InChI=1S/C16H25NO2S/c1-5-17-14-7-9-16(13(14)4)20(18,19)15-8-6-11(2)10-12(15)3/h6,8,10,13-14,16-17H,5,7,9H2,1-4H3. The molecule has 1 aliphatic carbocycles. The summed E-state index contributed by atoms with van der Waals surface area (Å²) in [7, 11) is -3.23. The fourth-order valence-corrected chi connectivity index (χ4v) is 5.69. The van der Waals surface area contributed by atoms with Crippen LogP contribution in [0.4, 0.5) is 0 Å². The van der Waals surface area contributed by atoms with Crippen LogP contribution in [0.15, 0.2) is 23.1 Å². The summed E-state index contributed by atoms with van der Waals surface area (Å²) in [6.45, 7) is 8.90. The quantitative estimate of drug-likeness (QED) is 0.929. The van der Waals surface area contributed by atoms with Gasteiger partial charge in [0.25, 0.3) is 0 Å². The molecule has 0 spiro atoms. The minimum absolute atomic E-state index is 0.167. The highest BCUT2D eigenvalue weighted by molar-refractivity contribution is 7.92. The van der Waals surface area contributed by atoms with E-state index in [1.807, 2.05) is 26.0 Å². The summed E-state index contributed by atoms with van der Waals surface area (Å²) in [4.78, 5) is 0.511. The zero-order valence-corrected chi connectivity index (χ0v) is 13.6. The van der Waals surface area contributed by atoms with Crippen LogP contribution in [0.2, 0.25) is 0 Å². The van der Waals surface area contributed by atoms with Crippen molar-refractivity contribution >= 4 is 9.84 Å². The highest BCUT2D eigenvalue weighted by atomic mass is 32.2. The Morgan fingerprint density at radius 2 is 1.95 bits per heavy atom. The van der Waals surface area contributed by atoms with Crippen molar-refractivity contribution < 1.29 is 8.42 Å². The van der Waals surface area contributed by atoms with Gasteiger partial charge in [-0.15, -0.1) is 0 Å². The van der Waals surface area contributed by atoms with E-state index < -0.39 is 9.84 Å². The molecule has 112 valence electrons. The van der Waals surface area contributed by atoms with Crippen LogP contribution >= 0.6 is 0 Å². The maximum atomic E-state index is 12.9. The van der Waals surface area contributed by atoms with Gasteiger partial charge in [-0.3, -0.25) is 0 Å². The molecule has 20 heavy (non-hydrogen) atoms. The first-order valence-corrected chi connectivity index (χ1v) is 8.97. The monoisotopic (exact) mass is 295 g/mol. The molecule has 0 aliphatic heterocycles. The second kappa shape index (κ2) is 5.86. The van der Waals surface area contributed by atoms with Crippen molar-refractivity contribution in [2.45, 2.75) is 56.7 Å². The van der Waals surface area contributed by atoms with Gasteiger partial charge in [0.15, 0.2) is 9.84 Å². The van der Waals surface area contributed by atoms with Gasteiger partial charge in [0.2, 0.25) is 0 Å². The molecule has 1 aromatic rings. The summed E-state index contributed by atoms with van der Waals surface area (Å²) in [5.74, 6) is 0.167. The van der Waals surface area contributed by atoms with Gasteiger partial charge in [-0.25, -0.2) is 8.42 Å². The Hall–Kier alpha value is -0.870. The van der Waals surface area contributed by atoms with Crippen molar-refractivity contribution in [1.29, 1.82) is 0 Å². The molecule has 0 radical (unpaired) electrons. The van der Waals surface area contributed by atoms with Crippen LogP contribution in [-0.2, 0) is 9.84 Å². The van der Waals surface area contributed by atoms with Crippen LogP contribution in [0.25, 0.3) is 0 Å². The van der Waals surface area contributed by atoms with Gasteiger partial charge in [0.1, 0.15) is 0 Å². The van der Waals surface area contributed by atoms with E-state index in [1.54, 1.807) is 6.07 Å². The van der Waals surface area contributed by atoms with E-state index in [1.165, 1.54) is 0 Å². The van der Waals surface area contributed by atoms with Crippen LogP contribution in [0.3, 0.4) is 0 Å². The number of hydrogen-bond acceptors (Lipinski definition) is 3. The lowest BCUT2D eigenvalue weighted by molar-refractivity contribution is 0.433. The third kappa shape index (κ3) is 2.77.